The molecule has 182 valence electrons. The van der Waals surface area contributed by atoms with Gasteiger partial charge in [0.05, 0.1) is 0 Å². The van der Waals surface area contributed by atoms with E-state index in [9.17, 15) is 0 Å². The average molecular weight is 506 g/mol. The van der Waals surface area contributed by atoms with Crippen LogP contribution in [0.5, 0.6) is 0 Å². The number of halogens is 1. The lowest BCUT2D eigenvalue weighted by Crippen LogP contribution is -2.05. The number of hydrogen-bond donors (Lipinski definition) is 0. The van der Waals surface area contributed by atoms with E-state index in [4.69, 9.17) is 16.3 Å². The Balaban J connectivity index is 1.37. The van der Waals surface area contributed by atoms with Gasteiger partial charge in [0.2, 0.25) is 0 Å². The molecule has 2 aromatic heterocycles. The zero-order valence-corrected chi connectivity index (χ0v) is 22.2. The Morgan fingerprint density at radius 2 is 1.77 bits per heavy atom. The summed E-state index contributed by atoms with van der Waals surface area (Å²) in [6.07, 6.45) is 4.93. The van der Waals surface area contributed by atoms with Crippen LogP contribution in [0, 0.1) is 5.92 Å². The number of rotatable bonds is 8. The third-order valence-electron chi connectivity index (χ3n) is 6.51. The molecule has 0 fully saturated rings. The molecule has 1 unspecified atom stereocenters. The molecule has 6 heteroatoms. The van der Waals surface area contributed by atoms with Crippen LogP contribution in [-0.4, -0.2) is 14.8 Å². The van der Waals surface area contributed by atoms with Gasteiger partial charge in [-0.05, 0) is 66.5 Å². The summed E-state index contributed by atoms with van der Waals surface area (Å²) in [5.74, 6) is 2.57. The minimum atomic E-state index is -0.141. The molecule has 3 heterocycles. The monoisotopic (exact) mass is 505 g/mol. The number of ether oxygens (including phenoxy) is 1. The molecule has 1 aliphatic rings. The minimum absolute atomic E-state index is 0.141. The Labute approximate surface area is 216 Å². The van der Waals surface area contributed by atoms with Crippen molar-refractivity contribution in [3.63, 3.8) is 0 Å². The van der Waals surface area contributed by atoms with E-state index in [2.05, 4.69) is 78.0 Å². The molecule has 0 radical (unpaired) electrons. The molecule has 0 saturated heterocycles. The predicted molar refractivity (Wildman–Crippen MR) is 144 cm³/mol. The largest absolute Gasteiger partial charge is 0.361 e. The van der Waals surface area contributed by atoms with Crippen molar-refractivity contribution in [2.75, 3.05) is 0 Å². The van der Waals surface area contributed by atoms with E-state index in [1.807, 2.05) is 23.5 Å². The molecule has 4 nitrogen and oxygen atoms in total. The Morgan fingerprint density at radius 3 is 2.49 bits per heavy atom. The minimum Gasteiger partial charge on any atom is -0.361 e. The summed E-state index contributed by atoms with van der Waals surface area (Å²) in [5.41, 5.74) is 5.09. The van der Waals surface area contributed by atoms with Gasteiger partial charge in [0.1, 0.15) is 23.5 Å². The topological polar surface area (TPSA) is 39.9 Å². The highest BCUT2D eigenvalue weighted by Crippen LogP contribution is 2.40. The fourth-order valence-electron chi connectivity index (χ4n) is 4.75. The maximum Gasteiger partial charge on any atom is 0.164 e. The molecule has 0 amide bonds. The van der Waals surface area contributed by atoms with E-state index >= 15 is 0 Å². The first-order valence-electron chi connectivity index (χ1n) is 12.5. The van der Waals surface area contributed by atoms with E-state index < -0.39 is 0 Å². The molecule has 0 N–H and O–H groups in total. The first-order chi connectivity index (χ1) is 17.0. The molecule has 5 rings (SSSR count). The van der Waals surface area contributed by atoms with Crippen molar-refractivity contribution in [3.8, 4) is 5.00 Å². The quantitative estimate of drug-likeness (QED) is 0.248. The number of aryl methyl sites for hydroxylation is 3. The van der Waals surface area contributed by atoms with Crippen molar-refractivity contribution in [1.82, 2.24) is 14.8 Å². The third-order valence-corrected chi connectivity index (χ3v) is 8.04. The molecule has 0 bridgehead atoms. The Morgan fingerprint density at radius 1 is 1.03 bits per heavy atom. The van der Waals surface area contributed by atoms with Crippen molar-refractivity contribution in [1.29, 1.82) is 0 Å². The van der Waals surface area contributed by atoms with Gasteiger partial charge in [-0.15, -0.1) is 21.5 Å². The second kappa shape index (κ2) is 10.7. The number of nitrogens with zero attached hydrogens (tertiary/aromatic N) is 3. The summed E-state index contributed by atoms with van der Waals surface area (Å²) in [7, 11) is 0. The Hall–Kier alpha value is -2.47. The summed E-state index contributed by atoms with van der Waals surface area (Å²) in [5, 5.41) is 11.0. The number of fused-ring (bicyclic) bond motifs is 3. The lowest BCUT2D eigenvalue weighted by Gasteiger charge is -2.16. The van der Waals surface area contributed by atoms with Crippen LogP contribution >= 0.6 is 22.9 Å². The predicted octanol–water partition coefficient (Wildman–Crippen LogP) is 7.54. The van der Waals surface area contributed by atoms with Gasteiger partial charge in [-0.1, -0.05) is 68.8 Å². The standard InChI is InChI=1S/C29H32ClN3OS/c1-4-24-17-25-28(22-12-14-23(30)15-13-22)34-18-27-32-31-26(33(27)29(25)35-24)7-5-6-20-8-10-21(11-9-20)16-19(2)3/h8-15,17,19,28H,4-7,16,18H2,1-3H3. The van der Waals surface area contributed by atoms with Crippen LogP contribution in [0.4, 0.5) is 0 Å². The summed E-state index contributed by atoms with van der Waals surface area (Å²) in [6.45, 7) is 7.16. The molecule has 2 aromatic carbocycles. The van der Waals surface area contributed by atoms with Gasteiger partial charge in [0, 0.05) is 21.9 Å². The molecular weight excluding hydrogens is 474 g/mol. The van der Waals surface area contributed by atoms with Gasteiger partial charge >= 0.3 is 0 Å². The van der Waals surface area contributed by atoms with Crippen LogP contribution in [0.2, 0.25) is 5.02 Å². The Bertz CT molecular complexity index is 1270. The maximum absolute atomic E-state index is 6.41. The van der Waals surface area contributed by atoms with E-state index in [-0.39, 0.29) is 6.10 Å². The highest BCUT2D eigenvalue weighted by Gasteiger charge is 2.29. The van der Waals surface area contributed by atoms with Gasteiger partial charge in [-0.25, -0.2) is 0 Å². The highest BCUT2D eigenvalue weighted by molar-refractivity contribution is 7.14. The second-order valence-electron chi connectivity index (χ2n) is 9.71. The van der Waals surface area contributed by atoms with Crippen molar-refractivity contribution in [2.45, 2.75) is 65.6 Å². The van der Waals surface area contributed by atoms with Crippen molar-refractivity contribution in [3.05, 3.63) is 98.4 Å². The smallest absolute Gasteiger partial charge is 0.164 e. The highest BCUT2D eigenvalue weighted by atomic mass is 35.5. The molecule has 4 aromatic rings. The fourth-order valence-corrected chi connectivity index (χ4v) is 6.04. The number of hydrogen-bond acceptors (Lipinski definition) is 4. The normalized spacial score (nSPS) is 15.2. The molecule has 35 heavy (non-hydrogen) atoms. The SMILES string of the molecule is CCc1cc2c(s1)-n1c(CCCc3ccc(CC(C)C)cc3)nnc1COC2c1ccc(Cl)cc1. The molecule has 0 spiro atoms. The summed E-state index contributed by atoms with van der Waals surface area (Å²) >= 11 is 7.97. The lowest BCUT2D eigenvalue weighted by atomic mass is 10.00. The average Bonchev–Trinajstić information content (AvgIpc) is 3.41. The summed E-state index contributed by atoms with van der Waals surface area (Å²) < 4.78 is 8.66. The van der Waals surface area contributed by atoms with Crippen molar-refractivity contribution >= 4 is 22.9 Å². The van der Waals surface area contributed by atoms with Gasteiger partial charge in [0.25, 0.3) is 0 Å². The van der Waals surface area contributed by atoms with Crippen LogP contribution in [0.3, 0.4) is 0 Å². The molecule has 1 aliphatic heterocycles. The van der Waals surface area contributed by atoms with E-state index in [0.29, 0.717) is 12.5 Å². The van der Waals surface area contributed by atoms with E-state index in [1.165, 1.54) is 26.6 Å². The summed E-state index contributed by atoms with van der Waals surface area (Å²) in [6, 6.07) is 19.4. The van der Waals surface area contributed by atoms with Gasteiger partial charge in [0.15, 0.2) is 5.82 Å². The number of thiophene rings is 1. The van der Waals surface area contributed by atoms with Crippen LogP contribution in [0.1, 0.15) is 72.1 Å². The van der Waals surface area contributed by atoms with Gasteiger partial charge in [-0.3, -0.25) is 4.57 Å². The first-order valence-corrected chi connectivity index (χ1v) is 13.7. The van der Waals surface area contributed by atoms with Crippen molar-refractivity contribution < 1.29 is 4.74 Å². The summed E-state index contributed by atoms with van der Waals surface area (Å²) in [4.78, 5) is 1.34. The Kier molecular flexibility index (Phi) is 7.37. The maximum atomic E-state index is 6.41. The fraction of sp³-hybridized carbons (Fsp3) is 0.379. The number of aromatic nitrogens is 3. The van der Waals surface area contributed by atoms with Crippen LogP contribution in [-0.2, 0) is 37.0 Å². The van der Waals surface area contributed by atoms with E-state index in [0.717, 1.165) is 54.3 Å². The zero-order valence-electron chi connectivity index (χ0n) is 20.6. The lowest BCUT2D eigenvalue weighted by molar-refractivity contribution is 0.0655. The molecule has 0 saturated carbocycles. The first kappa shape index (κ1) is 24.2. The third kappa shape index (κ3) is 5.37. The van der Waals surface area contributed by atoms with Crippen molar-refractivity contribution in [2.24, 2.45) is 5.92 Å². The van der Waals surface area contributed by atoms with Crippen LogP contribution in [0.15, 0.2) is 54.6 Å². The van der Waals surface area contributed by atoms with E-state index in [1.54, 1.807) is 0 Å². The van der Waals surface area contributed by atoms with Gasteiger partial charge < -0.3 is 4.74 Å². The molecule has 1 atom stereocenters. The number of benzene rings is 2. The van der Waals surface area contributed by atoms with Gasteiger partial charge in [-0.2, -0.15) is 0 Å². The van der Waals surface area contributed by atoms with Crippen LogP contribution in [0.25, 0.3) is 5.00 Å². The second-order valence-corrected chi connectivity index (χ2v) is 11.3. The molecule has 0 aliphatic carbocycles. The molecular formula is C29H32ClN3OS. The van der Waals surface area contributed by atoms with Crippen LogP contribution < -0.4 is 0 Å². The zero-order chi connectivity index (χ0) is 24.4.